The number of piperazine rings is 1. The number of thiazole rings is 1. The average molecular weight is 537 g/mol. The van der Waals surface area contributed by atoms with Crippen LogP contribution in [0.5, 0.6) is 5.75 Å². The van der Waals surface area contributed by atoms with Crippen LogP contribution in [-0.4, -0.2) is 75.4 Å². The molecule has 5 rings (SSSR count). The maximum absolute atomic E-state index is 13.3. The van der Waals surface area contributed by atoms with Gasteiger partial charge in [0.15, 0.2) is 0 Å². The first-order chi connectivity index (χ1) is 16.5. The molecule has 0 atom stereocenters. The molecule has 1 aliphatic heterocycles. The third-order valence-electron chi connectivity index (χ3n) is 5.60. The Labute approximate surface area is 209 Å². The number of amides is 1. The first-order valence-corrected chi connectivity index (χ1v) is 12.6. The van der Waals surface area contributed by atoms with Crippen LogP contribution in [0.1, 0.15) is 5.56 Å². The SMILES string of the molecule is Cc1cccc(OCC(=O)N2CCN(c3nc([As])nc4sc(-c5ccc(F)cc5)nc34)CC2)c1. The van der Waals surface area contributed by atoms with Crippen LogP contribution in [0, 0.1) is 12.7 Å². The van der Waals surface area contributed by atoms with E-state index in [9.17, 15) is 9.18 Å². The molecule has 1 amide bonds. The van der Waals surface area contributed by atoms with E-state index >= 15 is 0 Å². The second-order valence-electron chi connectivity index (χ2n) is 8.00. The van der Waals surface area contributed by atoms with E-state index in [0.717, 1.165) is 32.3 Å². The number of hydrogen-bond donors (Lipinski definition) is 0. The number of rotatable bonds is 5. The van der Waals surface area contributed by atoms with Crippen LogP contribution in [0.3, 0.4) is 0 Å². The van der Waals surface area contributed by atoms with Crippen molar-refractivity contribution in [3.8, 4) is 16.3 Å². The summed E-state index contributed by atoms with van der Waals surface area (Å²) in [6.45, 7) is 4.43. The third kappa shape index (κ3) is 4.91. The van der Waals surface area contributed by atoms with Gasteiger partial charge >= 0.3 is 185 Å². The minimum absolute atomic E-state index is 0.0188. The van der Waals surface area contributed by atoms with Crippen molar-refractivity contribution in [2.24, 2.45) is 0 Å². The van der Waals surface area contributed by atoms with Crippen molar-refractivity contribution >= 4 is 54.9 Å². The Kier molecular flexibility index (Phi) is 6.48. The number of halogens is 1. The summed E-state index contributed by atoms with van der Waals surface area (Å²) in [4.78, 5) is 31.4. The zero-order valence-corrected chi connectivity index (χ0v) is 21.1. The number of aromatic nitrogens is 3. The molecule has 0 spiro atoms. The maximum atomic E-state index is 13.3. The number of benzene rings is 2. The summed E-state index contributed by atoms with van der Waals surface area (Å²) in [5.74, 6) is 1.14. The zero-order chi connectivity index (χ0) is 23.7. The van der Waals surface area contributed by atoms with E-state index in [1.165, 1.54) is 23.5 Å². The number of anilines is 1. The fourth-order valence-corrected chi connectivity index (χ4v) is 5.34. The molecule has 2 radical (unpaired) electrons. The van der Waals surface area contributed by atoms with Gasteiger partial charge in [-0.15, -0.1) is 0 Å². The molecule has 2 aromatic heterocycles. The van der Waals surface area contributed by atoms with Gasteiger partial charge in [0.05, 0.1) is 0 Å². The molecule has 172 valence electrons. The first kappa shape index (κ1) is 22.7. The Balaban J connectivity index is 1.28. The van der Waals surface area contributed by atoms with E-state index in [2.05, 4.69) is 31.7 Å². The molecule has 3 heterocycles. The van der Waals surface area contributed by atoms with Crippen molar-refractivity contribution < 1.29 is 13.9 Å². The average Bonchev–Trinajstić information content (AvgIpc) is 3.26. The van der Waals surface area contributed by atoms with Crippen molar-refractivity contribution in [2.75, 3.05) is 37.7 Å². The molecule has 0 bridgehead atoms. The molecule has 1 aliphatic rings. The summed E-state index contributed by atoms with van der Waals surface area (Å²) in [5, 5.41) is 0.769. The van der Waals surface area contributed by atoms with Gasteiger partial charge in [0.2, 0.25) is 0 Å². The number of aryl methyl sites for hydroxylation is 1. The summed E-state index contributed by atoms with van der Waals surface area (Å²) in [6.07, 6.45) is 0. The van der Waals surface area contributed by atoms with Gasteiger partial charge in [-0.05, 0) is 12.5 Å². The standard InChI is InChI=1S/C24H21AsFN5O2S/c1-15-3-2-4-18(13-15)33-14-19(32)30-9-11-31(12-10-30)21-20-23(29-24(25)28-21)34-22(27-20)16-5-7-17(26)8-6-16/h2-8,13H,9-12,14H2,1H3. The molecule has 1 saturated heterocycles. The second kappa shape index (κ2) is 9.68. The summed E-state index contributed by atoms with van der Waals surface area (Å²) in [5.41, 5.74) is 2.65. The molecule has 1 fully saturated rings. The monoisotopic (exact) mass is 537 g/mol. The van der Waals surface area contributed by atoms with E-state index in [0.29, 0.717) is 36.5 Å². The molecule has 0 aliphatic carbocycles. The van der Waals surface area contributed by atoms with Crippen LogP contribution in [0.4, 0.5) is 10.2 Å². The number of carbonyl (C=O) groups excluding carboxylic acids is 1. The van der Waals surface area contributed by atoms with Crippen LogP contribution >= 0.6 is 11.3 Å². The van der Waals surface area contributed by atoms with Crippen LogP contribution in [0.25, 0.3) is 20.9 Å². The summed E-state index contributed by atoms with van der Waals surface area (Å²) in [7, 11) is 0. The fraction of sp³-hybridized carbons (Fsp3) is 0.250. The molecule has 34 heavy (non-hydrogen) atoms. The van der Waals surface area contributed by atoms with E-state index < -0.39 is 0 Å². The summed E-state index contributed by atoms with van der Waals surface area (Å²) in [6, 6.07) is 14.0. The number of fused-ring (bicyclic) bond motifs is 1. The van der Waals surface area contributed by atoms with Crippen molar-refractivity contribution in [1.82, 2.24) is 19.9 Å². The predicted octanol–water partition coefficient (Wildman–Crippen LogP) is 2.72. The Morgan fingerprint density at radius 1 is 1.09 bits per heavy atom. The number of nitrogens with zero attached hydrogens (tertiary/aromatic N) is 5. The number of carbonyl (C=O) groups is 1. The summed E-state index contributed by atoms with van der Waals surface area (Å²) < 4.78 is 19.6. The van der Waals surface area contributed by atoms with Crippen LogP contribution in [-0.2, 0) is 4.79 Å². The second-order valence-corrected chi connectivity index (χ2v) is 9.82. The Morgan fingerprint density at radius 2 is 1.85 bits per heavy atom. The fourth-order valence-electron chi connectivity index (χ4n) is 3.84. The third-order valence-corrected chi connectivity index (χ3v) is 7.02. The van der Waals surface area contributed by atoms with Crippen molar-refractivity contribution in [1.29, 1.82) is 0 Å². The Bertz CT molecular complexity index is 1340. The van der Waals surface area contributed by atoms with Gasteiger partial charge in [-0.25, -0.2) is 0 Å². The minimum atomic E-state index is -0.282. The van der Waals surface area contributed by atoms with Gasteiger partial charge < -0.3 is 0 Å². The first-order valence-electron chi connectivity index (χ1n) is 10.8. The van der Waals surface area contributed by atoms with Gasteiger partial charge in [-0.3, -0.25) is 0 Å². The Hall–Kier alpha value is -3.03. The van der Waals surface area contributed by atoms with Crippen molar-refractivity contribution in [3.63, 3.8) is 0 Å². The van der Waals surface area contributed by atoms with E-state index in [4.69, 9.17) is 9.72 Å². The number of hydrogen-bond acceptors (Lipinski definition) is 7. The summed E-state index contributed by atoms with van der Waals surface area (Å²) >= 11 is 3.84. The van der Waals surface area contributed by atoms with Gasteiger partial charge in [0.1, 0.15) is 0 Å². The molecule has 0 unspecified atom stereocenters. The molecule has 4 aromatic rings. The van der Waals surface area contributed by atoms with Crippen LogP contribution in [0.15, 0.2) is 48.5 Å². The zero-order valence-electron chi connectivity index (χ0n) is 18.4. The van der Waals surface area contributed by atoms with Gasteiger partial charge in [0, 0.05) is 0 Å². The Morgan fingerprint density at radius 3 is 2.59 bits per heavy atom. The molecule has 0 saturated carbocycles. The molecule has 7 nitrogen and oxygen atoms in total. The van der Waals surface area contributed by atoms with Gasteiger partial charge in [-0.1, -0.05) is 12.1 Å². The number of ether oxygens (including phenoxy) is 1. The molecule has 0 N–H and O–H groups in total. The van der Waals surface area contributed by atoms with E-state index in [1.54, 1.807) is 12.1 Å². The van der Waals surface area contributed by atoms with E-state index in [-0.39, 0.29) is 18.3 Å². The van der Waals surface area contributed by atoms with Gasteiger partial charge in [0.25, 0.3) is 0 Å². The molecule has 10 heteroatoms. The van der Waals surface area contributed by atoms with Crippen LogP contribution in [0.2, 0.25) is 0 Å². The molecular weight excluding hydrogens is 516 g/mol. The molecule has 2 aromatic carbocycles. The predicted molar refractivity (Wildman–Crippen MR) is 131 cm³/mol. The normalized spacial score (nSPS) is 14.0. The quantitative estimate of drug-likeness (QED) is 0.365. The van der Waals surface area contributed by atoms with Crippen molar-refractivity contribution in [3.05, 3.63) is 59.9 Å². The topological polar surface area (TPSA) is 71.5 Å². The van der Waals surface area contributed by atoms with E-state index in [1.807, 2.05) is 36.1 Å². The van der Waals surface area contributed by atoms with Gasteiger partial charge in [-0.2, -0.15) is 0 Å². The molecular formula is C24H21AsFN5O2S. The van der Waals surface area contributed by atoms with Crippen molar-refractivity contribution in [2.45, 2.75) is 6.92 Å². The van der Waals surface area contributed by atoms with Crippen LogP contribution < -0.4 is 14.2 Å².